The summed E-state index contributed by atoms with van der Waals surface area (Å²) < 4.78 is 0. The Morgan fingerprint density at radius 1 is 1.14 bits per heavy atom. The molecule has 0 aliphatic heterocycles. The first-order valence-corrected chi connectivity index (χ1v) is 9.12. The van der Waals surface area contributed by atoms with Gasteiger partial charge in [-0.2, -0.15) is 0 Å². The number of nitrogens with two attached hydrogens (primary N) is 1. The largest absolute Gasteiger partial charge is 0.353 e. The van der Waals surface area contributed by atoms with Crippen molar-refractivity contribution in [1.82, 2.24) is 5.32 Å². The Kier molecular flexibility index (Phi) is 6.53. The summed E-state index contributed by atoms with van der Waals surface area (Å²) in [6.45, 7) is 5.36. The van der Waals surface area contributed by atoms with Crippen LogP contribution in [0.15, 0.2) is 0 Å². The minimum atomic E-state index is 0.241. The molecule has 4 unspecified atom stereocenters. The first kappa shape index (κ1) is 16.8. The maximum Gasteiger partial charge on any atom is 0.223 e. The molecule has 0 aromatic rings. The minimum Gasteiger partial charge on any atom is -0.353 e. The van der Waals surface area contributed by atoms with E-state index in [1.807, 2.05) is 0 Å². The zero-order chi connectivity index (χ0) is 15.2. The summed E-state index contributed by atoms with van der Waals surface area (Å²) >= 11 is 0. The summed E-state index contributed by atoms with van der Waals surface area (Å²) in [5.41, 5.74) is 5.68. The molecule has 3 N–H and O–H groups in total. The summed E-state index contributed by atoms with van der Waals surface area (Å²) in [5.74, 6) is 2.59. The molecular weight excluding hydrogens is 260 g/mol. The van der Waals surface area contributed by atoms with Gasteiger partial charge >= 0.3 is 0 Å². The van der Waals surface area contributed by atoms with Crippen molar-refractivity contribution in [1.29, 1.82) is 0 Å². The van der Waals surface area contributed by atoms with Crippen LogP contribution in [0.25, 0.3) is 0 Å². The van der Waals surface area contributed by atoms with Gasteiger partial charge in [-0.3, -0.25) is 4.79 Å². The van der Waals surface area contributed by atoms with Gasteiger partial charge in [0.05, 0.1) is 0 Å². The number of hydrogen-bond acceptors (Lipinski definition) is 2. The lowest BCUT2D eigenvalue weighted by molar-refractivity contribution is -0.128. The van der Waals surface area contributed by atoms with Crippen molar-refractivity contribution in [3.8, 4) is 0 Å². The molecule has 1 amide bonds. The zero-order valence-electron chi connectivity index (χ0n) is 13.9. The fraction of sp³-hybridized carbons (Fsp3) is 0.944. The van der Waals surface area contributed by atoms with E-state index in [1.54, 1.807) is 0 Å². The highest BCUT2D eigenvalue weighted by molar-refractivity contribution is 5.79. The first-order chi connectivity index (χ1) is 10.1. The van der Waals surface area contributed by atoms with E-state index >= 15 is 0 Å². The molecule has 0 aromatic carbocycles. The number of carbonyl (C=O) groups is 1. The Morgan fingerprint density at radius 2 is 1.90 bits per heavy atom. The van der Waals surface area contributed by atoms with Crippen molar-refractivity contribution in [3.05, 3.63) is 0 Å². The summed E-state index contributed by atoms with van der Waals surface area (Å²) in [6, 6.07) is 0.418. The monoisotopic (exact) mass is 294 g/mol. The lowest BCUT2D eigenvalue weighted by Gasteiger charge is -2.36. The van der Waals surface area contributed by atoms with Crippen LogP contribution in [0.5, 0.6) is 0 Å². The number of nitrogens with one attached hydrogen (secondary N) is 1. The topological polar surface area (TPSA) is 55.1 Å². The van der Waals surface area contributed by atoms with Gasteiger partial charge in [0, 0.05) is 12.0 Å². The van der Waals surface area contributed by atoms with Gasteiger partial charge in [0.25, 0.3) is 0 Å². The molecule has 3 heteroatoms. The van der Waals surface area contributed by atoms with Gasteiger partial charge in [-0.05, 0) is 56.4 Å². The molecule has 0 saturated heterocycles. The van der Waals surface area contributed by atoms with Crippen molar-refractivity contribution in [2.45, 2.75) is 77.7 Å². The molecule has 0 bridgehead atoms. The van der Waals surface area contributed by atoms with E-state index in [0.717, 1.165) is 25.8 Å². The minimum absolute atomic E-state index is 0.241. The van der Waals surface area contributed by atoms with Crippen LogP contribution in [0.4, 0.5) is 0 Å². The summed E-state index contributed by atoms with van der Waals surface area (Å²) in [5, 5.41) is 3.41. The number of amides is 1. The van der Waals surface area contributed by atoms with E-state index in [-0.39, 0.29) is 5.92 Å². The fourth-order valence-corrected chi connectivity index (χ4v) is 4.46. The second-order valence-corrected chi connectivity index (χ2v) is 7.61. The fourth-order valence-electron chi connectivity index (χ4n) is 4.46. The zero-order valence-corrected chi connectivity index (χ0v) is 13.9. The molecule has 4 atom stereocenters. The average molecular weight is 294 g/mol. The highest BCUT2D eigenvalue weighted by atomic mass is 16.1. The summed E-state index contributed by atoms with van der Waals surface area (Å²) in [4.78, 5) is 12.6. The van der Waals surface area contributed by atoms with Gasteiger partial charge in [0.2, 0.25) is 5.91 Å². The second-order valence-electron chi connectivity index (χ2n) is 7.61. The van der Waals surface area contributed by atoms with Crippen LogP contribution in [-0.4, -0.2) is 18.5 Å². The van der Waals surface area contributed by atoms with Crippen molar-refractivity contribution in [3.63, 3.8) is 0 Å². The highest BCUT2D eigenvalue weighted by Gasteiger charge is 2.32. The molecule has 2 aliphatic rings. The van der Waals surface area contributed by atoms with Crippen LogP contribution in [0, 0.1) is 23.7 Å². The molecule has 0 aromatic heterocycles. The molecule has 122 valence electrons. The van der Waals surface area contributed by atoms with Crippen molar-refractivity contribution >= 4 is 5.91 Å². The predicted molar refractivity (Wildman–Crippen MR) is 87.8 cm³/mol. The van der Waals surface area contributed by atoms with Crippen LogP contribution in [0.1, 0.15) is 71.6 Å². The molecular formula is C18H34N2O. The Hall–Kier alpha value is -0.570. The SMILES string of the molecule is CC(C)C1CCCCC1NC(=O)C1CCCC(CCN)C1. The first-order valence-electron chi connectivity index (χ1n) is 9.12. The summed E-state index contributed by atoms with van der Waals surface area (Å²) in [7, 11) is 0. The van der Waals surface area contributed by atoms with Gasteiger partial charge in [0.15, 0.2) is 0 Å². The maximum atomic E-state index is 12.6. The number of carbonyl (C=O) groups excluding carboxylic acids is 1. The summed E-state index contributed by atoms with van der Waals surface area (Å²) in [6.07, 6.45) is 10.7. The van der Waals surface area contributed by atoms with Crippen LogP contribution >= 0.6 is 0 Å². The van der Waals surface area contributed by atoms with Crippen LogP contribution in [0.2, 0.25) is 0 Å². The lowest BCUT2D eigenvalue weighted by Crippen LogP contribution is -2.46. The van der Waals surface area contributed by atoms with Gasteiger partial charge in [0.1, 0.15) is 0 Å². The molecule has 3 nitrogen and oxygen atoms in total. The van der Waals surface area contributed by atoms with Gasteiger partial charge in [-0.1, -0.05) is 39.5 Å². The number of hydrogen-bond donors (Lipinski definition) is 2. The van der Waals surface area contributed by atoms with Crippen molar-refractivity contribution < 1.29 is 4.79 Å². The Bertz CT molecular complexity index is 327. The van der Waals surface area contributed by atoms with Crippen LogP contribution in [0.3, 0.4) is 0 Å². The van der Waals surface area contributed by atoms with Crippen LogP contribution in [-0.2, 0) is 4.79 Å². The molecule has 0 heterocycles. The van der Waals surface area contributed by atoms with Crippen LogP contribution < -0.4 is 11.1 Å². The standard InChI is InChI=1S/C18H34N2O/c1-13(2)16-8-3-4-9-17(16)20-18(21)15-7-5-6-14(12-15)10-11-19/h13-17H,3-12,19H2,1-2H3,(H,20,21). The van der Waals surface area contributed by atoms with Crippen molar-refractivity contribution in [2.24, 2.45) is 29.4 Å². The third-order valence-electron chi connectivity index (χ3n) is 5.73. The molecule has 2 aliphatic carbocycles. The molecule has 2 fully saturated rings. The Labute approximate surface area is 130 Å². The van der Waals surface area contributed by atoms with E-state index in [9.17, 15) is 4.79 Å². The second kappa shape index (κ2) is 8.17. The molecule has 0 radical (unpaired) electrons. The third kappa shape index (κ3) is 4.70. The third-order valence-corrected chi connectivity index (χ3v) is 5.73. The van der Waals surface area contributed by atoms with Crippen molar-refractivity contribution in [2.75, 3.05) is 6.54 Å². The highest BCUT2D eigenvalue weighted by Crippen LogP contribution is 2.33. The smallest absolute Gasteiger partial charge is 0.223 e. The predicted octanol–water partition coefficient (Wildman–Crippen LogP) is 3.47. The molecule has 2 saturated carbocycles. The van der Waals surface area contributed by atoms with E-state index in [1.165, 1.54) is 38.5 Å². The van der Waals surface area contributed by atoms with E-state index in [2.05, 4.69) is 19.2 Å². The Balaban J connectivity index is 1.87. The van der Waals surface area contributed by atoms with Gasteiger partial charge < -0.3 is 11.1 Å². The van der Waals surface area contributed by atoms with Gasteiger partial charge in [-0.25, -0.2) is 0 Å². The average Bonchev–Trinajstić information content (AvgIpc) is 2.48. The maximum absolute atomic E-state index is 12.6. The lowest BCUT2D eigenvalue weighted by atomic mass is 9.76. The molecule has 0 spiro atoms. The molecule has 21 heavy (non-hydrogen) atoms. The van der Waals surface area contributed by atoms with E-state index in [0.29, 0.717) is 29.7 Å². The van der Waals surface area contributed by atoms with Gasteiger partial charge in [-0.15, -0.1) is 0 Å². The molecule has 2 rings (SSSR count). The quantitative estimate of drug-likeness (QED) is 0.815. The van der Waals surface area contributed by atoms with E-state index in [4.69, 9.17) is 5.73 Å². The Morgan fingerprint density at radius 3 is 2.62 bits per heavy atom. The van der Waals surface area contributed by atoms with E-state index < -0.39 is 0 Å². The number of rotatable bonds is 5. The normalized spacial score (nSPS) is 33.9.